The first-order chi connectivity index (χ1) is 10.2. The van der Waals surface area contributed by atoms with Gasteiger partial charge in [-0.3, -0.25) is 4.94 Å². The molecule has 2 nitrogen and oxygen atoms in total. The zero-order chi connectivity index (χ0) is 16.8. The summed E-state index contributed by atoms with van der Waals surface area (Å²) in [6.45, 7) is 0. The third kappa shape index (κ3) is 2.11. The SMILES string of the molecule is Oc1cc(F)c(F)c(F)c1-c1c(F)c(F)c(F)c(F)c1OF. The third-order valence-electron chi connectivity index (χ3n) is 2.69. The molecule has 118 valence electrons. The van der Waals surface area contributed by atoms with Crippen molar-refractivity contribution in [2.24, 2.45) is 0 Å². The van der Waals surface area contributed by atoms with Crippen LogP contribution in [0.1, 0.15) is 0 Å². The zero-order valence-electron chi connectivity index (χ0n) is 9.96. The Morgan fingerprint density at radius 3 is 1.73 bits per heavy atom. The highest BCUT2D eigenvalue weighted by atomic mass is 19.3. The van der Waals surface area contributed by atoms with E-state index in [0.29, 0.717) is 0 Å². The van der Waals surface area contributed by atoms with Gasteiger partial charge in [-0.05, 0) is 0 Å². The molecule has 10 heteroatoms. The predicted molar refractivity (Wildman–Crippen MR) is 55.0 cm³/mol. The van der Waals surface area contributed by atoms with Gasteiger partial charge in [-0.25, -0.2) is 26.3 Å². The van der Waals surface area contributed by atoms with E-state index in [1.54, 1.807) is 0 Å². The molecule has 0 aliphatic heterocycles. The van der Waals surface area contributed by atoms with Crippen LogP contribution in [0.3, 0.4) is 0 Å². The molecule has 1 N–H and O–H groups in total. The Balaban J connectivity index is 2.99. The Hall–Kier alpha value is -2.52. The molecule has 2 aromatic rings. The van der Waals surface area contributed by atoms with E-state index in [2.05, 4.69) is 4.94 Å². The molecule has 0 aliphatic rings. The van der Waals surface area contributed by atoms with Crippen LogP contribution in [-0.2, 0) is 0 Å². The Morgan fingerprint density at radius 1 is 0.682 bits per heavy atom. The molecular weight excluding hydrogens is 328 g/mol. The van der Waals surface area contributed by atoms with Crippen molar-refractivity contribution in [1.29, 1.82) is 0 Å². The van der Waals surface area contributed by atoms with E-state index in [9.17, 15) is 40.4 Å². The monoisotopic (exact) mass is 330 g/mol. The van der Waals surface area contributed by atoms with Crippen LogP contribution in [0.4, 0.5) is 35.3 Å². The smallest absolute Gasteiger partial charge is 0.221 e. The van der Waals surface area contributed by atoms with Crippen molar-refractivity contribution in [3.63, 3.8) is 0 Å². The number of halogens is 8. The summed E-state index contributed by atoms with van der Waals surface area (Å²) in [7, 11) is 0. The molecular formula is C12H2F8O2. The standard InChI is InChI=1S/C12H2F8O2/c13-2-1-3(21)4(7(15)6(2)14)5-8(16)9(17)10(18)11(19)12(5)22-20/h1,21H. The molecule has 0 amide bonds. The van der Waals surface area contributed by atoms with Crippen LogP contribution in [-0.4, -0.2) is 5.11 Å². The molecule has 2 aromatic carbocycles. The Morgan fingerprint density at radius 2 is 1.18 bits per heavy atom. The maximum absolute atomic E-state index is 13.6. The van der Waals surface area contributed by atoms with Gasteiger partial charge in [0, 0.05) is 10.6 Å². The van der Waals surface area contributed by atoms with Crippen LogP contribution in [0.5, 0.6) is 11.5 Å². The fraction of sp³-hybridized carbons (Fsp3) is 0. The van der Waals surface area contributed by atoms with Crippen LogP contribution >= 0.6 is 0 Å². The number of hydrogen-bond acceptors (Lipinski definition) is 2. The van der Waals surface area contributed by atoms with Crippen LogP contribution in [0.25, 0.3) is 11.1 Å². The highest BCUT2D eigenvalue weighted by molar-refractivity contribution is 5.77. The first-order valence-corrected chi connectivity index (χ1v) is 5.23. The van der Waals surface area contributed by atoms with Crippen LogP contribution in [0, 0.1) is 40.7 Å². The van der Waals surface area contributed by atoms with Gasteiger partial charge in [-0.15, -0.1) is 0 Å². The van der Waals surface area contributed by atoms with E-state index < -0.39 is 63.3 Å². The molecule has 0 aromatic heterocycles. The zero-order valence-corrected chi connectivity index (χ0v) is 9.96. The molecule has 0 saturated carbocycles. The molecule has 0 spiro atoms. The van der Waals surface area contributed by atoms with Gasteiger partial charge in [0.1, 0.15) is 5.75 Å². The minimum Gasteiger partial charge on any atom is -0.507 e. The summed E-state index contributed by atoms with van der Waals surface area (Å²) in [6, 6.07) is -0.0611. The minimum atomic E-state index is -2.50. The summed E-state index contributed by atoms with van der Waals surface area (Å²) in [6.07, 6.45) is 0. The lowest BCUT2D eigenvalue weighted by Crippen LogP contribution is -2.05. The Bertz CT molecular complexity index is 775. The molecule has 2 rings (SSSR count). The summed E-state index contributed by atoms with van der Waals surface area (Å²) in [5.41, 5.74) is -3.45. The molecule has 0 unspecified atom stereocenters. The minimum absolute atomic E-state index is 0.0611. The van der Waals surface area contributed by atoms with Gasteiger partial charge in [-0.2, -0.15) is 4.39 Å². The van der Waals surface area contributed by atoms with E-state index in [0.717, 1.165) is 0 Å². The van der Waals surface area contributed by atoms with Gasteiger partial charge >= 0.3 is 0 Å². The number of rotatable bonds is 2. The predicted octanol–water partition coefficient (Wildman–Crippen LogP) is 4.30. The van der Waals surface area contributed by atoms with E-state index in [-0.39, 0.29) is 6.07 Å². The third-order valence-corrected chi connectivity index (χ3v) is 2.69. The van der Waals surface area contributed by atoms with Crippen LogP contribution < -0.4 is 4.94 Å². The summed E-state index contributed by atoms with van der Waals surface area (Å²) in [5, 5.41) is 9.32. The van der Waals surface area contributed by atoms with Crippen molar-refractivity contribution in [3.05, 3.63) is 46.8 Å². The van der Waals surface area contributed by atoms with Crippen LogP contribution in [0.2, 0.25) is 0 Å². The lowest BCUT2D eigenvalue weighted by molar-refractivity contribution is -0.0113. The van der Waals surface area contributed by atoms with Gasteiger partial charge in [-0.1, -0.05) is 0 Å². The number of benzene rings is 2. The number of phenols is 1. The lowest BCUT2D eigenvalue weighted by atomic mass is 10.0. The first kappa shape index (κ1) is 15.9. The topological polar surface area (TPSA) is 29.5 Å². The highest BCUT2D eigenvalue weighted by Crippen LogP contribution is 2.44. The summed E-state index contributed by atoms with van der Waals surface area (Å²) >= 11 is 0. The van der Waals surface area contributed by atoms with Gasteiger partial charge in [0.2, 0.25) is 17.4 Å². The second kappa shape index (κ2) is 5.35. The molecule has 0 heterocycles. The largest absolute Gasteiger partial charge is 0.507 e. The van der Waals surface area contributed by atoms with Crippen molar-refractivity contribution in [2.45, 2.75) is 0 Å². The quantitative estimate of drug-likeness (QED) is 0.505. The maximum atomic E-state index is 13.6. The van der Waals surface area contributed by atoms with Crippen molar-refractivity contribution < 1.29 is 45.3 Å². The fourth-order valence-electron chi connectivity index (χ4n) is 1.73. The van der Waals surface area contributed by atoms with Crippen LogP contribution in [0.15, 0.2) is 6.07 Å². The maximum Gasteiger partial charge on any atom is 0.221 e. The summed E-state index contributed by atoms with van der Waals surface area (Å²) in [5.74, 6) is -19.7. The molecule has 0 bridgehead atoms. The molecule has 0 saturated heterocycles. The summed E-state index contributed by atoms with van der Waals surface area (Å²) in [4.78, 5) is 2.81. The van der Waals surface area contributed by atoms with E-state index >= 15 is 0 Å². The molecule has 0 radical (unpaired) electrons. The van der Waals surface area contributed by atoms with Crippen molar-refractivity contribution in [2.75, 3.05) is 0 Å². The molecule has 0 atom stereocenters. The fourth-order valence-corrected chi connectivity index (χ4v) is 1.73. The van der Waals surface area contributed by atoms with Gasteiger partial charge in [0.05, 0.1) is 11.1 Å². The van der Waals surface area contributed by atoms with Crippen molar-refractivity contribution >= 4 is 0 Å². The normalized spacial score (nSPS) is 10.9. The number of phenolic OH excluding ortho intramolecular Hbond substituents is 1. The molecule has 22 heavy (non-hydrogen) atoms. The first-order valence-electron chi connectivity index (χ1n) is 5.23. The Labute approximate surface area is 116 Å². The second-order valence-electron chi connectivity index (χ2n) is 3.92. The average molecular weight is 330 g/mol. The van der Waals surface area contributed by atoms with Crippen molar-refractivity contribution in [1.82, 2.24) is 0 Å². The Kier molecular flexibility index (Phi) is 3.86. The second-order valence-corrected chi connectivity index (χ2v) is 3.92. The van der Waals surface area contributed by atoms with E-state index in [1.807, 2.05) is 0 Å². The average Bonchev–Trinajstić information content (AvgIpc) is 2.48. The van der Waals surface area contributed by atoms with E-state index in [4.69, 9.17) is 0 Å². The lowest BCUT2D eigenvalue weighted by Gasteiger charge is -2.12. The van der Waals surface area contributed by atoms with E-state index in [1.165, 1.54) is 0 Å². The van der Waals surface area contributed by atoms with Gasteiger partial charge in [0.25, 0.3) is 0 Å². The van der Waals surface area contributed by atoms with Gasteiger partial charge < -0.3 is 5.11 Å². The summed E-state index contributed by atoms with van der Waals surface area (Å²) < 4.78 is 105. The molecule has 0 fully saturated rings. The van der Waals surface area contributed by atoms with Gasteiger partial charge in [0.15, 0.2) is 29.1 Å². The highest BCUT2D eigenvalue weighted by Gasteiger charge is 2.33. The molecule has 0 aliphatic carbocycles. The number of hydrogen-bond donors (Lipinski definition) is 1. The van der Waals surface area contributed by atoms with Crippen molar-refractivity contribution in [3.8, 4) is 22.6 Å². The number of aromatic hydroxyl groups is 1.